The van der Waals surface area contributed by atoms with E-state index in [-0.39, 0.29) is 12.5 Å². The number of hydrogen-bond acceptors (Lipinski definition) is 7. The Hall–Kier alpha value is -4.31. The van der Waals surface area contributed by atoms with Gasteiger partial charge in [0.15, 0.2) is 12.7 Å². The van der Waals surface area contributed by atoms with E-state index in [1.54, 1.807) is 18.3 Å². The highest BCUT2D eigenvalue weighted by Gasteiger charge is 2.32. The fourth-order valence-electron chi connectivity index (χ4n) is 5.13. The van der Waals surface area contributed by atoms with E-state index in [1.807, 2.05) is 76.2 Å². The number of halogens is 1. The number of amides is 1. The molecule has 3 heterocycles. The highest BCUT2D eigenvalue weighted by molar-refractivity contribution is 7.22. The number of carboxylic acids is 1. The average Bonchev–Trinajstić information content (AvgIpc) is 3.38. The molecule has 0 bridgehead atoms. The molecule has 0 spiro atoms. The van der Waals surface area contributed by atoms with Crippen LogP contribution in [0.5, 0.6) is 5.75 Å². The van der Waals surface area contributed by atoms with Gasteiger partial charge in [-0.2, -0.15) is 0 Å². The minimum Gasteiger partial charge on any atom is -0.482 e. The quantitative estimate of drug-likeness (QED) is 0.200. The predicted molar refractivity (Wildman–Crippen MR) is 169 cm³/mol. The molecule has 218 valence electrons. The molecule has 0 aliphatic carbocycles. The molecule has 2 N–H and O–H groups in total. The molecular formula is C33H28ClN3O5S. The highest BCUT2D eigenvalue weighted by atomic mass is 35.5. The summed E-state index contributed by atoms with van der Waals surface area (Å²) in [5, 5.41) is 14.5. The maximum absolute atomic E-state index is 12.6. The van der Waals surface area contributed by atoms with E-state index >= 15 is 0 Å². The standard InChI is InChI=1S/C33H28ClN3O5S/c1-17-13-24-30(28(18-5-8-21(34)9-6-18)27(17)29(32(39)40)42-33(2,3)4)43-31(37-24)20-11-12-35-22(15-20)19-7-10-25-23(14-19)36-26(38)16-41-25/h5-15,29H,16H2,1-4H3,(H,36,38)(H,39,40)/t29-/m0/s1. The molecule has 8 nitrogen and oxygen atoms in total. The van der Waals surface area contributed by atoms with E-state index in [4.69, 9.17) is 26.1 Å². The number of fused-ring (bicyclic) bond motifs is 2. The number of rotatable bonds is 6. The summed E-state index contributed by atoms with van der Waals surface area (Å²) in [4.78, 5) is 34.0. The van der Waals surface area contributed by atoms with Crippen molar-refractivity contribution in [3.05, 3.63) is 83.0 Å². The number of carboxylic acid groups (broad SMARTS) is 1. The van der Waals surface area contributed by atoms with E-state index < -0.39 is 17.7 Å². The Bertz CT molecular complexity index is 1900. The van der Waals surface area contributed by atoms with Crippen molar-refractivity contribution in [1.82, 2.24) is 9.97 Å². The molecule has 1 aliphatic rings. The van der Waals surface area contributed by atoms with Crippen molar-refractivity contribution in [3.8, 4) is 38.7 Å². The Balaban J connectivity index is 1.50. The maximum Gasteiger partial charge on any atom is 0.337 e. The third-order valence-corrected chi connectivity index (χ3v) is 8.32. The first-order valence-corrected chi connectivity index (χ1v) is 14.8. The molecule has 1 aliphatic heterocycles. The third-order valence-electron chi connectivity index (χ3n) is 6.93. The SMILES string of the molecule is Cc1cc2nc(-c3ccnc(-c4ccc5c(c4)NC(=O)CO5)c3)sc2c(-c2ccc(Cl)cc2)c1[C@H](OC(C)(C)C)C(=O)O. The van der Waals surface area contributed by atoms with Crippen molar-refractivity contribution in [2.75, 3.05) is 11.9 Å². The van der Waals surface area contributed by atoms with Crippen LogP contribution in [0.1, 0.15) is 38.0 Å². The Morgan fingerprint density at radius 3 is 2.53 bits per heavy atom. The number of benzene rings is 3. The molecule has 5 aromatic rings. The number of hydrogen-bond donors (Lipinski definition) is 2. The van der Waals surface area contributed by atoms with Gasteiger partial charge in [-0.15, -0.1) is 11.3 Å². The Kier molecular flexibility index (Phi) is 7.41. The topological polar surface area (TPSA) is 111 Å². The highest BCUT2D eigenvalue weighted by Crippen LogP contribution is 2.44. The van der Waals surface area contributed by atoms with Crippen LogP contribution in [-0.2, 0) is 14.3 Å². The monoisotopic (exact) mass is 613 g/mol. The smallest absolute Gasteiger partial charge is 0.337 e. The van der Waals surface area contributed by atoms with E-state index in [0.717, 1.165) is 43.0 Å². The lowest BCUT2D eigenvalue weighted by Gasteiger charge is -2.28. The van der Waals surface area contributed by atoms with Gasteiger partial charge < -0.3 is 19.9 Å². The summed E-state index contributed by atoms with van der Waals surface area (Å²) in [7, 11) is 0. The van der Waals surface area contributed by atoms with Crippen molar-refractivity contribution in [2.45, 2.75) is 39.4 Å². The number of carbonyl (C=O) groups is 2. The fraction of sp³-hybridized carbons (Fsp3) is 0.212. The lowest BCUT2D eigenvalue weighted by molar-refractivity contribution is -0.160. The van der Waals surface area contributed by atoms with E-state index in [0.29, 0.717) is 27.7 Å². The number of nitrogens with zero attached hydrogens (tertiary/aromatic N) is 2. The number of aryl methyl sites for hydroxylation is 1. The maximum atomic E-state index is 12.6. The second kappa shape index (κ2) is 11.1. The number of aromatic nitrogens is 2. The molecule has 1 atom stereocenters. The van der Waals surface area contributed by atoms with Crippen LogP contribution in [-0.4, -0.2) is 39.2 Å². The summed E-state index contributed by atoms with van der Waals surface area (Å²) in [6.07, 6.45) is 0.529. The van der Waals surface area contributed by atoms with Crippen LogP contribution >= 0.6 is 22.9 Å². The van der Waals surface area contributed by atoms with E-state index in [9.17, 15) is 14.7 Å². The molecule has 0 radical (unpaired) electrons. The van der Waals surface area contributed by atoms with Crippen molar-refractivity contribution in [3.63, 3.8) is 0 Å². The van der Waals surface area contributed by atoms with Crippen molar-refractivity contribution in [1.29, 1.82) is 0 Å². The second-order valence-corrected chi connectivity index (χ2v) is 12.7. The Morgan fingerprint density at radius 2 is 1.81 bits per heavy atom. The predicted octanol–water partition coefficient (Wildman–Crippen LogP) is 7.93. The lowest BCUT2D eigenvalue weighted by Crippen LogP contribution is -2.28. The summed E-state index contributed by atoms with van der Waals surface area (Å²) in [6, 6.07) is 18.7. The van der Waals surface area contributed by atoms with Crippen molar-refractivity contribution in [2.24, 2.45) is 0 Å². The van der Waals surface area contributed by atoms with E-state index in [2.05, 4.69) is 10.3 Å². The van der Waals surface area contributed by atoms with Gasteiger partial charge in [0.25, 0.3) is 5.91 Å². The summed E-state index contributed by atoms with van der Waals surface area (Å²) in [6.45, 7) is 7.40. The number of anilines is 1. The molecule has 2 aromatic heterocycles. The largest absolute Gasteiger partial charge is 0.482 e. The number of ether oxygens (including phenoxy) is 2. The summed E-state index contributed by atoms with van der Waals surface area (Å²) in [5.74, 6) is -0.658. The lowest BCUT2D eigenvalue weighted by atomic mass is 9.91. The van der Waals surface area contributed by atoms with Gasteiger partial charge in [0.2, 0.25) is 0 Å². The van der Waals surface area contributed by atoms with Gasteiger partial charge in [-0.05, 0) is 87.4 Å². The van der Waals surface area contributed by atoms with Gasteiger partial charge in [0.1, 0.15) is 10.8 Å². The zero-order chi connectivity index (χ0) is 30.5. The number of thiazole rings is 1. The normalized spacial score (nSPS) is 13.7. The number of nitrogens with one attached hydrogen (secondary N) is 1. The van der Waals surface area contributed by atoms with Gasteiger partial charge >= 0.3 is 5.97 Å². The van der Waals surface area contributed by atoms with E-state index in [1.165, 1.54) is 11.3 Å². The van der Waals surface area contributed by atoms with Gasteiger partial charge in [-0.25, -0.2) is 9.78 Å². The third kappa shape index (κ3) is 5.84. The zero-order valence-electron chi connectivity index (χ0n) is 23.9. The van der Waals surface area contributed by atoms with Crippen LogP contribution in [0, 0.1) is 6.92 Å². The summed E-state index contributed by atoms with van der Waals surface area (Å²) in [5.41, 5.74) is 5.95. The van der Waals surface area contributed by atoms with Gasteiger partial charge in [-0.3, -0.25) is 9.78 Å². The minimum absolute atomic E-state index is 0.00751. The van der Waals surface area contributed by atoms with Crippen LogP contribution in [0.25, 0.3) is 43.2 Å². The van der Waals surface area contributed by atoms with Gasteiger partial charge in [-0.1, -0.05) is 23.7 Å². The molecule has 0 unspecified atom stereocenters. The molecule has 1 amide bonds. The first-order chi connectivity index (χ1) is 20.5. The molecule has 0 fully saturated rings. The molecule has 6 rings (SSSR count). The van der Waals surface area contributed by atoms with Crippen LogP contribution in [0.15, 0.2) is 66.9 Å². The Morgan fingerprint density at radius 1 is 1.07 bits per heavy atom. The molecule has 10 heteroatoms. The van der Waals surface area contributed by atoms with Gasteiger partial charge in [0, 0.05) is 33.5 Å². The molecule has 3 aromatic carbocycles. The first kappa shape index (κ1) is 28.8. The number of pyridine rings is 1. The number of aliphatic carboxylic acids is 1. The van der Waals surface area contributed by atoms with Crippen LogP contribution in [0.3, 0.4) is 0 Å². The van der Waals surface area contributed by atoms with Crippen LogP contribution in [0.4, 0.5) is 5.69 Å². The molecule has 0 saturated carbocycles. The van der Waals surface area contributed by atoms with Crippen LogP contribution < -0.4 is 10.1 Å². The van der Waals surface area contributed by atoms with Gasteiger partial charge in [0.05, 0.1) is 27.2 Å². The number of carbonyl (C=O) groups excluding carboxylic acids is 1. The second-order valence-electron chi connectivity index (χ2n) is 11.3. The van der Waals surface area contributed by atoms with Crippen molar-refractivity contribution >= 4 is 50.7 Å². The average molecular weight is 614 g/mol. The molecule has 43 heavy (non-hydrogen) atoms. The summed E-state index contributed by atoms with van der Waals surface area (Å²) >= 11 is 7.70. The molecule has 0 saturated heterocycles. The molecular weight excluding hydrogens is 586 g/mol. The minimum atomic E-state index is -1.19. The Labute approximate surface area is 257 Å². The zero-order valence-corrected chi connectivity index (χ0v) is 25.5. The fourth-order valence-corrected chi connectivity index (χ4v) is 6.37. The van der Waals surface area contributed by atoms with Crippen LogP contribution in [0.2, 0.25) is 5.02 Å². The first-order valence-electron chi connectivity index (χ1n) is 13.6. The van der Waals surface area contributed by atoms with Crippen molar-refractivity contribution < 1.29 is 24.2 Å². The summed E-state index contributed by atoms with van der Waals surface area (Å²) < 4.78 is 12.5.